The highest BCUT2D eigenvalue weighted by Crippen LogP contribution is 2.12. The molecule has 0 atom stereocenters. The lowest BCUT2D eigenvalue weighted by Gasteiger charge is -2.01. The Morgan fingerprint density at radius 2 is 1.94 bits per heavy atom. The van der Waals surface area contributed by atoms with Gasteiger partial charge in [-0.2, -0.15) is 5.10 Å². The molecule has 0 unspecified atom stereocenters. The highest BCUT2D eigenvalue weighted by atomic mass is 16.1. The van der Waals surface area contributed by atoms with Crippen LogP contribution < -0.4 is 5.43 Å². The zero-order valence-electron chi connectivity index (χ0n) is 8.42. The first-order valence-corrected chi connectivity index (χ1v) is 4.97. The molecule has 2 heterocycles. The molecule has 3 aromatic rings. The van der Waals surface area contributed by atoms with Crippen LogP contribution >= 0.6 is 0 Å². The second-order valence-electron chi connectivity index (χ2n) is 3.50. The van der Waals surface area contributed by atoms with E-state index in [-0.39, 0.29) is 5.43 Å². The number of nitrogens with zero attached hydrogens (tertiary/aromatic N) is 2. The Morgan fingerprint density at radius 1 is 1.12 bits per heavy atom. The van der Waals surface area contributed by atoms with Gasteiger partial charge < -0.3 is 4.98 Å². The standard InChI is InChI=1S/C12H9N3O/c16-11-6-7-13-12-10(11)8-14-15(12)9-4-2-1-3-5-9/h1-8H,(H,13,16). The molecule has 4 heteroatoms. The van der Waals surface area contributed by atoms with Gasteiger partial charge in [0.05, 0.1) is 17.3 Å². The van der Waals surface area contributed by atoms with E-state index >= 15 is 0 Å². The SMILES string of the molecule is O=c1cc[nH]c2c1cnn2-c1ccccc1. The highest BCUT2D eigenvalue weighted by Gasteiger charge is 2.06. The van der Waals surface area contributed by atoms with Crippen LogP contribution in [0.1, 0.15) is 0 Å². The van der Waals surface area contributed by atoms with E-state index < -0.39 is 0 Å². The first kappa shape index (κ1) is 8.91. The van der Waals surface area contributed by atoms with Crippen molar-refractivity contribution in [2.75, 3.05) is 0 Å². The van der Waals surface area contributed by atoms with E-state index in [1.807, 2.05) is 30.3 Å². The maximum absolute atomic E-state index is 11.6. The minimum Gasteiger partial charge on any atom is -0.346 e. The number of H-pyrrole nitrogens is 1. The summed E-state index contributed by atoms with van der Waals surface area (Å²) in [4.78, 5) is 14.6. The summed E-state index contributed by atoms with van der Waals surface area (Å²) in [6, 6.07) is 11.2. The number of para-hydroxylation sites is 1. The second kappa shape index (κ2) is 3.34. The fourth-order valence-corrected chi connectivity index (χ4v) is 1.72. The summed E-state index contributed by atoms with van der Waals surface area (Å²) in [7, 11) is 0. The van der Waals surface area contributed by atoms with E-state index in [2.05, 4.69) is 10.1 Å². The lowest BCUT2D eigenvalue weighted by atomic mass is 10.3. The Hall–Kier alpha value is -2.36. The smallest absolute Gasteiger partial charge is 0.192 e. The quantitative estimate of drug-likeness (QED) is 0.666. The number of benzene rings is 1. The molecule has 3 rings (SSSR count). The molecule has 0 amide bonds. The van der Waals surface area contributed by atoms with Gasteiger partial charge in [0.1, 0.15) is 5.65 Å². The fourth-order valence-electron chi connectivity index (χ4n) is 1.72. The van der Waals surface area contributed by atoms with Crippen LogP contribution in [0.5, 0.6) is 0 Å². The number of hydrogen-bond donors (Lipinski definition) is 1. The molecule has 0 saturated heterocycles. The Labute approximate surface area is 91.2 Å². The maximum Gasteiger partial charge on any atom is 0.192 e. The number of nitrogens with one attached hydrogen (secondary N) is 1. The van der Waals surface area contributed by atoms with Gasteiger partial charge in [-0.15, -0.1) is 0 Å². The minimum atomic E-state index is -0.0177. The van der Waals surface area contributed by atoms with E-state index in [4.69, 9.17) is 0 Å². The van der Waals surface area contributed by atoms with Crippen molar-refractivity contribution in [3.8, 4) is 5.69 Å². The van der Waals surface area contributed by atoms with E-state index in [1.54, 1.807) is 17.1 Å². The minimum absolute atomic E-state index is 0.0177. The van der Waals surface area contributed by atoms with Crippen LogP contribution in [0.25, 0.3) is 16.7 Å². The molecule has 0 spiro atoms. The van der Waals surface area contributed by atoms with Crippen molar-refractivity contribution in [2.24, 2.45) is 0 Å². The van der Waals surface area contributed by atoms with E-state index in [0.29, 0.717) is 5.39 Å². The van der Waals surface area contributed by atoms with E-state index in [9.17, 15) is 4.79 Å². The maximum atomic E-state index is 11.6. The van der Waals surface area contributed by atoms with Gasteiger partial charge in [0.25, 0.3) is 0 Å². The topological polar surface area (TPSA) is 50.7 Å². The zero-order chi connectivity index (χ0) is 11.0. The average Bonchev–Trinajstić information content (AvgIpc) is 2.75. The molecule has 16 heavy (non-hydrogen) atoms. The number of pyridine rings is 1. The van der Waals surface area contributed by atoms with Gasteiger partial charge in [0.2, 0.25) is 0 Å². The monoisotopic (exact) mass is 211 g/mol. The van der Waals surface area contributed by atoms with Crippen LogP contribution in [0.3, 0.4) is 0 Å². The van der Waals surface area contributed by atoms with Crippen LogP contribution in [0, 0.1) is 0 Å². The third-order valence-electron chi connectivity index (χ3n) is 2.49. The van der Waals surface area contributed by atoms with E-state index in [0.717, 1.165) is 11.3 Å². The van der Waals surface area contributed by atoms with Gasteiger partial charge >= 0.3 is 0 Å². The number of rotatable bonds is 1. The normalized spacial score (nSPS) is 10.8. The van der Waals surface area contributed by atoms with E-state index in [1.165, 1.54) is 6.07 Å². The fraction of sp³-hybridized carbons (Fsp3) is 0. The Morgan fingerprint density at radius 3 is 2.75 bits per heavy atom. The summed E-state index contributed by atoms with van der Waals surface area (Å²) >= 11 is 0. The molecule has 1 N–H and O–H groups in total. The molecule has 0 aliphatic heterocycles. The van der Waals surface area contributed by atoms with Crippen molar-refractivity contribution in [2.45, 2.75) is 0 Å². The third kappa shape index (κ3) is 1.24. The molecule has 0 aliphatic carbocycles. The average molecular weight is 211 g/mol. The van der Waals surface area contributed by atoms with Gasteiger partial charge in [0.15, 0.2) is 5.43 Å². The van der Waals surface area contributed by atoms with Crippen molar-refractivity contribution < 1.29 is 0 Å². The highest BCUT2D eigenvalue weighted by molar-refractivity contribution is 5.75. The Balaban J connectivity index is 2.34. The lowest BCUT2D eigenvalue weighted by molar-refractivity contribution is 0.897. The third-order valence-corrected chi connectivity index (χ3v) is 2.49. The Bertz CT molecular complexity index is 682. The summed E-state index contributed by atoms with van der Waals surface area (Å²) in [5.41, 5.74) is 1.63. The predicted octanol–water partition coefficient (Wildman–Crippen LogP) is 1.71. The summed E-state index contributed by atoms with van der Waals surface area (Å²) in [5, 5.41) is 4.81. The first-order valence-electron chi connectivity index (χ1n) is 4.97. The van der Waals surface area contributed by atoms with Gasteiger partial charge in [-0.1, -0.05) is 18.2 Å². The van der Waals surface area contributed by atoms with Gasteiger partial charge in [-0.05, 0) is 12.1 Å². The molecule has 1 aromatic carbocycles. The van der Waals surface area contributed by atoms with Crippen LogP contribution in [-0.4, -0.2) is 14.8 Å². The number of hydrogen-bond acceptors (Lipinski definition) is 2. The number of fused-ring (bicyclic) bond motifs is 1. The molecule has 0 radical (unpaired) electrons. The predicted molar refractivity (Wildman–Crippen MR) is 61.7 cm³/mol. The summed E-state index contributed by atoms with van der Waals surface area (Å²) in [5.74, 6) is 0. The van der Waals surface area contributed by atoms with Crippen LogP contribution in [0.2, 0.25) is 0 Å². The van der Waals surface area contributed by atoms with Crippen molar-refractivity contribution in [1.29, 1.82) is 0 Å². The molecular weight excluding hydrogens is 202 g/mol. The number of aromatic nitrogens is 3. The zero-order valence-corrected chi connectivity index (χ0v) is 8.42. The largest absolute Gasteiger partial charge is 0.346 e. The molecule has 0 bridgehead atoms. The van der Waals surface area contributed by atoms with Crippen molar-refractivity contribution in [3.63, 3.8) is 0 Å². The van der Waals surface area contributed by atoms with Crippen molar-refractivity contribution in [1.82, 2.24) is 14.8 Å². The van der Waals surface area contributed by atoms with Crippen LogP contribution in [0.15, 0.2) is 53.6 Å². The van der Waals surface area contributed by atoms with Crippen LogP contribution in [-0.2, 0) is 0 Å². The second-order valence-corrected chi connectivity index (χ2v) is 3.50. The molecule has 0 fully saturated rings. The Kier molecular flexibility index (Phi) is 1.86. The van der Waals surface area contributed by atoms with Gasteiger partial charge in [0, 0.05) is 12.3 Å². The lowest BCUT2D eigenvalue weighted by Crippen LogP contribution is -2.01. The summed E-state index contributed by atoms with van der Waals surface area (Å²) < 4.78 is 1.72. The van der Waals surface area contributed by atoms with Gasteiger partial charge in [-0.3, -0.25) is 4.79 Å². The molecule has 0 saturated carbocycles. The van der Waals surface area contributed by atoms with Crippen molar-refractivity contribution >= 4 is 11.0 Å². The molecule has 0 aliphatic rings. The first-order chi connectivity index (χ1) is 7.86. The molecular formula is C12H9N3O. The van der Waals surface area contributed by atoms with Gasteiger partial charge in [-0.25, -0.2) is 4.68 Å². The van der Waals surface area contributed by atoms with Crippen LogP contribution in [0.4, 0.5) is 0 Å². The van der Waals surface area contributed by atoms with Crippen molar-refractivity contribution in [3.05, 3.63) is 59.0 Å². The number of aromatic amines is 1. The molecule has 2 aromatic heterocycles. The summed E-state index contributed by atoms with van der Waals surface area (Å²) in [6.45, 7) is 0. The molecule has 4 nitrogen and oxygen atoms in total. The summed E-state index contributed by atoms with van der Waals surface area (Å²) in [6.07, 6.45) is 3.22. The molecule has 78 valence electrons.